The third-order valence-electron chi connectivity index (χ3n) is 8.41. The first-order chi connectivity index (χ1) is 19.5. The SMILES string of the molecule is CCCCCCCCCCCCCCCCCC/C=C/CC[N+](CC(C)C(=O)O)(CC(C)C(=O)O)CC(C)C(=O)O. The molecule has 0 aliphatic rings. The van der Waals surface area contributed by atoms with E-state index in [0.29, 0.717) is 13.0 Å². The predicted octanol–water partition coefficient (Wildman–Crippen LogP) is 8.56. The highest BCUT2D eigenvalue weighted by Gasteiger charge is 2.37. The molecule has 0 saturated heterocycles. The molecular formula is C34H64NO6+. The molecule has 0 rings (SSSR count). The summed E-state index contributed by atoms with van der Waals surface area (Å²) in [6, 6.07) is 0. The van der Waals surface area contributed by atoms with Crippen LogP contribution in [0.15, 0.2) is 12.2 Å². The highest BCUT2D eigenvalue weighted by Crippen LogP contribution is 2.21. The molecule has 0 amide bonds. The first-order valence-electron chi connectivity index (χ1n) is 16.7. The van der Waals surface area contributed by atoms with Gasteiger partial charge in [-0.05, 0) is 33.6 Å². The lowest BCUT2D eigenvalue weighted by molar-refractivity contribution is -0.933. The average Bonchev–Trinajstić information content (AvgIpc) is 2.91. The van der Waals surface area contributed by atoms with Gasteiger partial charge in [0.15, 0.2) is 0 Å². The van der Waals surface area contributed by atoms with Gasteiger partial charge in [-0.1, -0.05) is 115 Å². The molecular weight excluding hydrogens is 518 g/mol. The van der Waals surface area contributed by atoms with E-state index in [4.69, 9.17) is 0 Å². The highest BCUT2D eigenvalue weighted by molar-refractivity contribution is 5.70. The third kappa shape index (κ3) is 21.5. The van der Waals surface area contributed by atoms with Gasteiger partial charge in [0.2, 0.25) is 0 Å². The van der Waals surface area contributed by atoms with E-state index < -0.39 is 35.7 Å². The second-order valence-electron chi connectivity index (χ2n) is 12.7. The van der Waals surface area contributed by atoms with Gasteiger partial charge in [-0.25, -0.2) is 0 Å². The lowest BCUT2D eigenvalue weighted by atomic mass is 10.0. The van der Waals surface area contributed by atoms with Crippen molar-refractivity contribution in [3.63, 3.8) is 0 Å². The van der Waals surface area contributed by atoms with Crippen LogP contribution in [-0.2, 0) is 14.4 Å². The van der Waals surface area contributed by atoms with Gasteiger partial charge in [0.25, 0.3) is 0 Å². The smallest absolute Gasteiger partial charge is 0.311 e. The first-order valence-corrected chi connectivity index (χ1v) is 16.7. The van der Waals surface area contributed by atoms with Gasteiger partial charge in [-0.2, -0.15) is 0 Å². The fourth-order valence-corrected chi connectivity index (χ4v) is 5.87. The maximum atomic E-state index is 11.6. The Morgan fingerprint density at radius 1 is 0.512 bits per heavy atom. The van der Waals surface area contributed by atoms with Crippen LogP contribution in [0.5, 0.6) is 0 Å². The van der Waals surface area contributed by atoms with E-state index in [9.17, 15) is 29.7 Å². The number of carboxylic acids is 3. The summed E-state index contributed by atoms with van der Waals surface area (Å²) in [6.07, 6.45) is 27.5. The topological polar surface area (TPSA) is 112 Å². The van der Waals surface area contributed by atoms with Gasteiger partial charge in [0.1, 0.15) is 17.8 Å². The summed E-state index contributed by atoms with van der Waals surface area (Å²) in [6.45, 7) is 8.29. The number of allylic oxidation sites excluding steroid dienone is 1. The fourth-order valence-electron chi connectivity index (χ4n) is 5.87. The van der Waals surface area contributed by atoms with E-state index in [0.717, 1.165) is 12.8 Å². The van der Waals surface area contributed by atoms with Crippen molar-refractivity contribution in [1.29, 1.82) is 0 Å². The molecule has 0 aromatic heterocycles. The Balaban J connectivity index is 4.31. The predicted molar refractivity (Wildman–Crippen MR) is 168 cm³/mol. The molecule has 3 N–H and O–H groups in total. The van der Waals surface area contributed by atoms with E-state index in [-0.39, 0.29) is 24.1 Å². The molecule has 0 radical (unpaired) electrons. The summed E-state index contributed by atoms with van der Waals surface area (Å²) in [5.74, 6) is -4.91. The van der Waals surface area contributed by atoms with Crippen molar-refractivity contribution in [1.82, 2.24) is 0 Å². The second kappa shape index (κ2) is 24.7. The molecule has 240 valence electrons. The lowest BCUT2D eigenvalue weighted by Gasteiger charge is -2.42. The average molecular weight is 583 g/mol. The van der Waals surface area contributed by atoms with E-state index >= 15 is 0 Å². The number of unbranched alkanes of at least 4 members (excludes halogenated alkanes) is 16. The monoisotopic (exact) mass is 582 g/mol. The van der Waals surface area contributed by atoms with Crippen molar-refractivity contribution in [2.24, 2.45) is 17.8 Å². The van der Waals surface area contributed by atoms with Crippen molar-refractivity contribution in [2.75, 3.05) is 26.2 Å². The molecule has 0 spiro atoms. The standard InChI is InChI=1S/C34H63NO6/c1-5-6-7-8-9-10-11-12-13-14-15-16-17-18-19-20-21-22-23-24-25-35(26-29(2)32(36)37,27-30(3)33(38)39)28-31(4)34(40)41/h22-23,29-31H,5-21,24-28H2,1-4H3,(H2-,36,37,38,39,40,41)/p+1/b23-22+. The molecule has 0 heterocycles. The molecule has 0 saturated carbocycles. The zero-order chi connectivity index (χ0) is 30.9. The second-order valence-corrected chi connectivity index (χ2v) is 12.7. The molecule has 3 unspecified atom stereocenters. The first kappa shape index (κ1) is 39.1. The quantitative estimate of drug-likeness (QED) is 0.0463. The lowest BCUT2D eigenvalue weighted by Crippen LogP contribution is -2.57. The molecule has 0 aliphatic heterocycles. The van der Waals surface area contributed by atoms with Gasteiger partial charge in [0, 0.05) is 6.42 Å². The number of nitrogens with zero attached hydrogens (tertiary/aromatic N) is 1. The third-order valence-corrected chi connectivity index (χ3v) is 8.41. The van der Waals surface area contributed by atoms with Crippen molar-refractivity contribution >= 4 is 17.9 Å². The van der Waals surface area contributed by atoms with E-state index in [1.807, 2.05) is 0 Å². The zero-order valence-electron chi connectivity index (χ0n) is 27.0. The number of rotatable bonds is 29. The minimum Gasteiger partial charge on any atom is -0.481 e. The molecule has 0 bridgehead atoms. The van der Waals surface area contributed by atoms with Crippen LogP contribution in [-0.4, -0.2) is 63.9 Å². The molecule has 0 fully saturated rings. The van der Waals surface area contributed by atoms with E-state index in [1.165, 1.54) is 96.3 Å². The minimum atomic E-state index is -0.947. The highest BCUT2D eigenvalue weighted by atomic mass is 16.4. The van der Waals surface area contributed by atoms with E-state index in [2.05, 4.69) is 19.1 Å². The summed E-state index contributed by atoms with van der Waals surface area (Å²) in [5, 5.41) is 28.5. The molecule has 0 aliphatic carbocycles. The maximum absolute atomic E-state index is 11.6. The number of aliphatic carboxylic acids is 3. The maximum Gasteiger partial charge on any atom is 0.311 e. The van der Waals surface area contributed by atoms with Gasteiger partial charge in [0.05, 0.1) is 26.2 Å². The van der Waals surface area contributed by atoms with Crippen LogP contribution in [0, 0.1) is 17.8 Å². The normalized spacial score (nSPS) is 15.4. The van der Waals surface area contributed by atoms with Crippen LogP contribution in [0.4, 0.5) is 0 Å². The molecule has 0 aromatic rings. The van der Waals surface area contributed by atoms with Gasteiger partial charge < -0.3 is 19.8 Å². The summed E-state index contributed by atoms with van der Waals surface area (Å²) in [5.41, 5.74) is 0. The van der Waals surface area contributed by atoms with Crippen LogP contribution < -0.4 is 0 Å². The number of hydrogen-bond donors (Lipinski definition) is 3. The van der Waals surface area contributed by atoms with Crippen LogP contribution in [0.2, 0.25) is 0 Å². The van der Waals surface area contributed by atoms with Crippen LogP contribution in [0.1, 0.15) is 143 Å². The minimum absolute atomic E-state index is 0.178. The fraction of sp³-hybridized carbons (Fsp3) is 0.853. The van der Waals surface area contributed by atoms with Gasteiger partial charge >= 0.3 is 17.9 Å². The molecule has 7 heteroatoms. The number of quaternary nitrogens is 1. The Labute approximate surface area is 251 Å². The van der Waals surface area contributed by atoms with Crippen LogP contribution in [0.3, 0.4) is 0 Å². The largest absolute Gasteiger partial charge is 0.481 e. The Kier molecular flexibility index (Phi) is 23.5. The van der Waals surface area contributed by atoms with Crippen molar-refractivity contribution in [2.45, 2.75) is 143 Å². The molecule has 7 nitrogen and oxygen atoms in total. The Bertz CT molecular complexity index is 667. The number of hydrogen-bond acceptors (Lipinski definition) is 3. The van der Waals surface area contributed by atoms with Crippen molar-refractivity contribution in [3.05, 3.63) is 12.2 Å². The molecule has 3 atom stereocenters. The Morgan fingerprint density at radius 3 is 1.12 bits per heavy atom. The molecule has 41 heavy (non-hydrogen) atoms. The summed E-state index contributed by atoms with van der Waals surface area (Å²) in [7, 11) is 0. The van der Waals surface area contributed by atoms with Crippen LogP contribution >= 0.6 is 0 Å². The summed E-state index contributed by atoms with van der Waals surface area (Å²) >= 11 is 0. The number of carboxylic acid groups (broad SMARTS) is 3. The Morgan fingerprint density at radius 2 is 0.805 bits per heavy atom. The molecule has 0 aromatic carbocycles. The Hall–Kier alpha value is -1.89. The number of carbonyl (C=O) groups is 3. The van der Waals surface area contributed by atoms with Crippen molar-refractivity contribution < 1.29 is 34.2 Å². The van der Waals surface area contributed by atoms with Crippen molar-refractivity contribution in [3.8, 4) is 0 Å². The summed E-state index contributed by atoms with van der Waals surface area (Å²) in [4.78, 5) is 34.9. The van der Waals surface area contributed by atoms with Gasteiger partial charge in [-0.3, -0.25) is 14.4 Å². The summed E-state index contributed by atoms with van der Waals surface area (Å²) < 4.78 is 0.178. The van der Waals surface area contributed by atoms with E-state index in [1.54, 1.807) is 20.8 Å². The van der Waals surface area contributed by atoms with Gasteiger partial charge in [-0.15, -0.1) is 0 Å². The zero-order valence-corrected chi connectivity index (χ0v) is 27.0. The van der Waals surface area contributed by atoms with Crippen LogP contribution in [0.25, 0.3) is 0 Å².